The molecule has 0 bridgehead atoms. The Hall–Kier alpha value is -2.11. The number of pyridine rings is 1. The fraction of sp³-hybridized carbons (Fsp3) is 0.154. The summed E-state index contributed by atoms with van der Waals surface area (Å²) in [7, 11) is 1.48. The molecule has 2 nitrogen and oxygen atoms in total. The highest BCUT2D eigenvalue weighted by Gasteiger charge is 2.31. The SMILES string of the molecule is CNc1cc(C(F)(F)F)cc(-c2ccc(F)cc2)n1. The van der Waals surface area contributed by atoms with Gasteiger partial charge in [0.15, 0.2) is 0 Å². The Morgan fingerprint density at radius 3 is 2.21 bits per heavy atom. The van der Waals surface area contributed by atoms with Crippen LogP contribution in [0.2, 0.25) is 0 Å². The Balaban J connectivity index is 2.54. The fourth-order valence-corrected chi connectivity index (χ4v) is 1.59. The van der Waals surface area contributed by atoms with Crippen molar-refractivity contribution < 1.29 is 17.6 Å². The Labute approximate surface area is 107 Å². The molecule has 1 aromatic carbocycles. The molecule has 0 spiro atoms. The van der Waals surface area contributed by atoms with Gasteiger partial charge < -0.3 is 5.32 Å². The normalized spacial score (nSPS) is 11.4. The van der Waals surface area contributed by atoms with Crippen molar-refractivity contribution in [3.05, 3.63) is 47.8 Å². The molecule has 1 heterocycles. The smallest absolute Gasteiger partial charge is 0.373 e. The summed E-state index contributed by atoms with van der Waals surface area (Å²) in [6, 6.07) is 6.99. The highest BCUT2D eigenvalue weighted by molar-refractivity contribution is 5.62. The third kappa shape index (κ3) is 3.01. The van der Waals surface area contributed by atoms with Crippen LogP contribution in [0.3, 0.4) is 0 Å². The molecule has 0 aliphatic rings. The van der Waals surface area contributed by atoms with Crippen LogP contribution < -0.4 is 5.32 Å². The molecule has 19 heavy (non-hydrogen) atoms. The van der Waals surface area contributed by atoms with Crippen molar-refractivity contribution >= 4 is 5.82 Å². The number of hydrogen-bond donors (Lipinski definition) is 1. The van der Waals surface area contributed by atoms with Crippen LogP contribution in [-0.2, 0) is 6.18 Å². The van der Waals surface area contributed by atoms with E-state index in [0.29, 0.717) is 5.56 Å². The van der Waals surface area contributed by atoms with E-state index < -0.39 is 17.6 Å². The highest BCUT2D eigenvalue weighted by atomic mass is 19.4. The molecule has 0 aliphatic carbocycles. The Bertz CT molecular complexity index is 576. The summed E-state index contributed by atoms with van der Waals surface area (Å²) in [5.41, 5.74) is -0.241. The van der Waals surface area contributed by atoms with E-state index in [4.69, 9.17) is 0 Å². The third-order valence-corrected chi connectivity index (χ3v) is 2.55. The Morgan fingerprint density at radius 1 is 1.05 bits per heavy atom. The van der Waals surface area contributed by atoms with Crippen molar-refractivity contribution in [1.82, 2.24) is 4.98 Å². The van der Waals surface area contributed by atoms with E-state index in [9.17, 15) is 17.6 Å². The van der Waals surface area contributed by atoms with Crippen LogP contribution in [0.4, 0.5) is 23.4 Å². The second-order valence-corrected chi connectivity index (χ2v) is 3.88. The largest absolute Gasteiger partial charge is 0.416 e. The van der Waals surface area contributed by atoms with Gasteiger partial charge in [-0.2, -0.15) is 13.2 Å². The molecular formula is C13H10F4N2. The summed E-state index contributed by atoms with van der Waals surface area (Å²) in [6.45, 7) is 0. The van der Waals surface area contributed by atoms with Crippen LogP contribution >= 0.6 is 0 Å². The first-order valence-electron chi connectivity index (χ1n) is 5.43. The lowest BCUT2D eigenvalue weighted by Gasteiger charge is -2.11. The zero-order chi connectivity index (χ0) is 14.0. The zero-order valence-electron chi connectivity index (χ0n) is 9.92. The van der Waals surface area contributed by atoms with Gasteiger partial charge in [-0.1, -0.05) is 0 Å². The number of nitrogens with one attached hydrogen (secondary N) is 1. The summed E-state index contributed by atoms with van der Waals surface area (Å²) >= 11 is 0. The van der Waals surface area contributed by atoms with Gasteiger partial charge in [0.25, 0.3) is 0 Å². The van der Waals surface area contributed by atoms with Gasteiger partial charge in [0.2, 0.25) is 0 Å². The second-order valence-electron chi connectivity index (χ2n) is 3.88. The second kappa shape index (κ2) is 4.87. The van der Waals surface area contributed by atoms with Gasteiger partial charge in [-0.25, -0.2) is 9.37 Å². The molecule has 6 heteroatoms. The first-order chi connectivity index (χ1) is 8.90. The minimum absolute atomic E-state index is 0.106. The van der Waals surface area contributed by atoms with E-state index in [1.165, 1.54) is 31.3 Å². The van der Waals surface area contributed by atoms with E-state index in [1.54, 1.807) is 0 Å². The lowest BCUT2D eigenvalue weighted by molar-refractivity contribution is -0.137. The van der Waals surface area contributed by atoms with Crippen molar-refractivity contribution in [2.24, 2.45) is 0 Å². The topological polar surface area (TPSA) is 24.9 Å². The van der Waals surface area contributed by atoms with Crippen LogP contribution in [0.5, 0.6) is 0 Å². The van der Waals surface area contributed by atoms with E-state index in [1.807, 2.05) is 0 Å². The minimum Gasteiger partial charge on any atom is -0.373 e. The van der Waals surface area contributed by atoms with E-state index in [2.05, 4.69) is 10.3 Å². The molecule has 1 N–H and O–H groups in total. The predicted octanol–water partition coefficient (Wildman–Crippen LogP) is 3.95. The molecular weight excluding hydrogens is 260 g/mol. The highest BCUT2D eigenvalue weighted by Crippen LogP contribution is 2.33. The molecule has 2 rings (SSSR count). The number of benzene rings is 1. The zero-order valence-corrected chi connectivity index (χ0v) is 9.92. The van der Waals surface area contributed by atoms with Gasteiger partial charge in [0, 0.05) is 12.6 Å². The summed E-state index contributed by atoms with van der Waals surface area (Å²) in [5.74, 6) is -0.348. The Morgan fingerprint density at radius 2 is 1.68 bits per heavy atom. The summed E-state index contributed by atoms with van der Waals surface area (Å²) in [5, 5.41) is 2.58. The van der Waals surface area contributed by atoms with E-state index in [0.717, 1.165) is 12.1 Å². The summed E-state index contributed by atoms with van der Waals surface area (Å²) < 4.78 is 51.0. The van der Waals surface area contributed by atoms with Crippen molar-refractivity contribution in [2.45, 2.75) is 6.18 Å². The first-order valence-corrected chi connectivity index (χ1v) is 5.43. The molecule has 0 amide bonds. The van der Waals surface area contributed by atoms with Gasteiger partial charge in [0.1, 0.15) is 11.6 Å². The maximum absolute atomic E-state index is 12.8. The van der Waals surface area contributed by atoms with Gasteiger partial charge >= 0.3 is 6.18 Å². The van der Waals surface area contributed by atoms with E-state index in [-0.39, 0.29) is 11.5 Å². The Kier molecular flexibility index (Phi) is 3.42. The molecule has 0 atom stereocenters. The van der Waals surface area contributed by atoms with Gasteiger partial charge in [-0.05, 0) is 36.4 Å². The van der Waals surface area contributed by atoms with Crippen molar-refractivity contribution in [1.29, 1.82) is 0 Å². The van der Waals surface area contributed by atoms with Gasteiger partial charge in [-0.15, -0.1) is 0 Å². The molecule has 0 saturated heterocycles. The summed E-state index contributed by atoms with van der Waals surface area (Å²) in [6.07, 6.45) is -4.46. The average molecular weight is 270 g/mol. The van der Waals surface area contributed by atoms with Crippen molar-refractivity contribution in [3.63, 3.8) is 0 Å². The molecule has 0 saturated carbocycles. The number of hydrogen-bond acceptors (Lipinski definition) is 2. The standard InChI is InChI=1S/C13H10F4N2/c1-18-12-7-9(13(15,16)17)6-11(19-12)8-2-4-10(14)5-3-8/h2-7H,1H3,(H,18,19). The molecule has 0 fully saturated rings. The number of nitrogens with zero attached hydrogens (tertiary/aromatic N) is 1. The molecule has 0 unspecified atom stereocenters. The minimum atomic E-state index is -4.46. The van der Waals surface area contributed by atoms with Crippen LogP contribution in [0, 0.1) is 5.82 Å². The first kappa shape index (κ1) is 13.3. The van der Waals surface area contributed by atoms with Crippen LogP contribution in [0.1, 0.15) is 5.56 Å². The maximum Gasteiger partial charge on any atom is 0.416 e. The quantitative estimate of drug-likeness (QED) is 0.836. The third-order valence-electron chi connectivity index (χ3n) is 2.55. The molecule has 100 valence electrons. The average Bonchev–Trinajstić information content (AvgIpc) is 2.38. The number of halogens is 4. The molecule has 0 radical (unpaired) electrons. The number of rotatable bonds is 2. The van der Waals surface area contributed by atoms with Crippen molar-refractivity contribution in [3.8, 4) is 11.3 Å². The maximum atomic E-state index is 12.8. The van der Waals surface area contributed by atoms with Crippen molar-refractivity contribution in [2.75, 3.05) is 12.4 Å². The van der Waals surface area contributed by atoms with Gasteiger partial charge in [0.05, 0.1) is 11.3 Å². The van der Waals surface area contributed by atoms with Crippen LogP contribution in [0.25, 0.3) is 11.3 Å². The van der Waals surface area contributed by atoms with Crippen LogP contribution in [-0.4, -0.2) is 12.0 Å². The lowest BCUT2D eigenvalue weighted by Crippen LogP contribution is -2.07. The predicted molar refractivity (Wildman–Crippen MR) is 64.2 cm³/mol. The number of aromatic nitrogens is 1. The molecule has 0 aliphatic heterocycles. The van der Waals surface area contributed by atoms with Crippen LogP contribution in [0.15, 0.2) is 36.4 Å². The summed E-state index contributed by atoms with van der Waals surface area (Å²) in [4.78, 5) is 4.03. The van der Waals surface area contributed by atoms with E-state index >= 15 is 0 Å². The molecule has 2 aromatic rings. The number of alkyl halides is 3. The lowest BCUT2D eigenvalue weighted by atomic mass is 10.1. The van der Waals surface area contributed by atoms with Gasteiger partial charge in [-0.3, -0.25) is 0 Å². The monoisotopic (exact) mass is 270 g/mol. The number of anilines is 1. The molecule has 1 aromatic heterocycles. The fourth-order valence-electron chi connectivity index (χ4n) is 1.59.